The van der Waals surface area contributed by atoms with Crippen molar-refractivity contribution in [3.63, 3.8) is 0 Å². The van der Waals surface area contributed by atoms with E-state index in [2.05, 4.69) is 0 Å². The molecule has 0 aliphatic heterocycles. The Labute approximate surface area is 107 Å². The van der Waals surface area contributed by atoms with Gasteiger partial charge >= 0.3 is 5.97 Å². The lowest BCUT2D eigenvalue weighted by molar-refractivity contribution is -0.148. The summed E-state index contributed by atoms with van der Waals surface area (Å²) >= 11 is 0. The summed E-state index contributed by atoms with van der Waals surface area (Å²) in [4.78, 5) is 24.9. The number of hydrogen-bond donors (Lipinski definition) is 1. The molecule has 3 atom stereocenters. The molecule has 5 heteroatoms. The number of hydrogen-bond acceptors (Lipinski definition) is 3. The van der Waals surface area contributed by atoms with E-state index in [4.69, 9.17) is 5.26 Å². The normalized spacial score (nSPS) is 26.6. The summed E-state index contributed by atoms with van der Waals surface area (Å²) in [6, 6.07) is 1.99. The van der Waals surface area contributed by atoms with E-state index in [1.165, 1.54) is 4.90 Å². The van der Waals surface area contributed by atoms with Crippen LogP contribution >= 0.6 is 0 Å². The average molecular weight is 252 g/mol. The summed E-state index contributed by atoms with van der Waals surface area (Å²) in [6.07, 6.45) is 2.44. The second-order valence-electron chi connectivity index (χ2n) is 4.96. The van der Waals surface area contributed by atoms with Gasteiger partial charge in [0.05, 0.1) is 24.3 Å². The highest BCUT2D eigenvalue weighted by molar-refractivity contribution is 5.85. The Bertz CT molecular complexity index is 362. The minimum atomic E-state index is -0.877. The molecule has 0 aromatic carbocycles. The number of amides is 1. The molecular weight excluding hydrogens is 232 g/mol. The summed E-state index contributed by atoms with van der Waals surface area (Å²) in [5, 5.41) is 17.7. The van der Waals surface area contributed by atoms with Crippen LogP contribution in [0.4, 0.5) is 0 Å². The molecule has 1 fully saturated rings. The smallest absolute Gasteiger partial charge is 0.307 e. The molecule has 0 saturated heterocycles. The molecule has 0 aromatic rings. The first-order chi connectivity index (χ1) is 8.51. The molecule has 100 valence electrons. The molecule has 1 unspecified atom stereocenters. The van der Waals surface area contributed by atoms with Crippen molar-refractivity contribution in [2.45, 2.75) is 32.6 Å². The zero-order valence-corrected chi connectivity index (χ0v) is 10.9. The van der Waals surface area contributed by atoms with Crippen molar-refractivity contribution in [2.75, 3.05) is 13.6 Å². The molecule has 1 N–H and O–H groups in total. The van der Waals surface area contributed by atoms with Gasteiger partial charge in [-0.25, -0.2) is 0 Å². The quantitative estimate of drug-likeness (QED) is 0.803. The van der Waals surface area contributed by atoms with Crippen LogP contribution in [-0.4, -0.2) is 35.5 Å². The maximum absolute atomic E-state index is 12.2. The van der Waals surface area contributed by atoms with Crippen molar-refractivity contribution >= 4 is 11.9 Å². The molecule has 1 saturated carbocycles. The molecule has 0 heterocycles. The van der Waals surface area contributed by atoms with E-state index in [1.54, 1.807) is 7.05 Å². The molecule has 1 aliphatic rings. The summed E-state index contributed by atoms with van der Waals surface area (Å²) in [7, 11) is 1.64. The lowest BCUT2D eigenvalue weighted by Gasteiger charge is -2.22. The fourth-order valence-corrected chi connectivity index (χ4v) is 2.63. The lowest BCUT2D eigenvalue weighted by Crippen LogP contribution is -2.37. The monoisotopic (exact) mass is 252 g/mol. The van der Waals surface area contributed by atoms with E-state index in [-0.39, 0.29) is 12.3 Å². The van der Waals surface area contributed by atoms with Gasteiger partial charge < -0.3 is 10.0 Å². The van der Waals surface area contributed by atoms with Gasteiger partial charge in [0, 0.05) is 13.6 Å². The van der Waals surface area contributed by atoms with Crippen LogP contribution < -0.4 is 0 Å². The Morgan fingerprint density at radius 1 is 1.39 bits per heavy atom. The minimum Gasteiger partial charge on any atom is -0.481 e. The van der Waals surface area contributed by atoms with Gasteiger partial charge in [-0.15, -0.1) is 0 Å². The summed E-state index contributed by atoms with van der Waals surface area (Å²) in [5.41, 5.74) is 0. The Morgan fingerprint density at radius 3 is 2.50 bits per heavy atom. The van der Waals surface area contributed by atoms with E-state index in [0.717, 1.165) is 6.42 Å². The van der Waals surface area contributed by atoms with Gasteiger partial charge in [0.1, 0.15) is 0 Å². The Hall–Kier alpha value is -1.57. The van der Waals surface area contributed by atoms with E-state index in [1.807, 2.05) is 13.0 Å². The van der Waals surface area contributed by atoms with Crippen LogP contribution in [0.3, 0.4) is 0 Å². The molecule has 0 radical (unpaired) electrons. The van der Waals surface area contributed by atoms with Crippen LogP contribution in [0.2, 0.25) is 0 Å². The topological polar surface area (TPSA) is 81.4 Å². The predicted octanol–water partition coefficient (Wildman–Crippen LogP) is 1.50. The molecule has 1 aliphatic carbocycles. The van der Waals surface area contributed by atoms with Gasteiger partial charge in [0.25, 0.3) is 0 Å². The van der Waals surface area contributed by atoms with Crippen molar-refractivity contribution in [1.29, 1.82) is 5.26 Å². The third kappa shape index (κ3) is 3.22. The molecule has 1 amide bonds. The number of nitrogens with zero attached hydrogens (tertiary/aromatic N) is 2. The number of carboxylic acids is 1. The van der Waals surface area contributed by atoms with Gasteiger partial charge in [-0.05, 0) is 18.8 Å². The van der Waals surface area contributed by atoms with Gasteiger partial charge in [0.15, 0.2) is 0 Å². The van der Waals surface area contributed by atoms with E-state index < -0.39 is 17.8 Å². The zero-order valence-electron chi connectivity index (χ0n) is 10.9. The molecule has 1 rings (SSSR count). The van der Waals surface area contributed by atoms with Crippen LogP contribution in [0.25, 0.3) is 0 Å². The first-order valence-electron chi connectivity index (χ1n) is 6.36. The Balaban J connectivity index is 2.70. The maximum atomic E-state index is 12.2. The minimum absolute atomic E-state index is 0.131. The SMILES string of the molecule is CCC1C[C@H](C(=O)N(C)CCC#N)[C@H](C(=O)O)C1. The second-order valence-corrected chi connectivity index (χ2v) is 4.96. The molecule has 18 heavy (non-hydrogen) atoms. The van der Waals surface area contributed by atoms with Crippen molar-refractivity contribution in [3.05, 3.63) is 0 Å². The summed E-state index contributed by atoms with van der Waals surface area (Å²) in [6.45, 7) is 2.39. The predicted molar refractivity (Wildman–Crippen MR) is 65.5 cm³/mol. The molecule has 5 nitrogen and oxygen atoms in total. The van der Waals surface area contributed by atoms with Crippen LogP contribution in [0, 0.1) is 29.1 Å². The average Bonchev–Trinajstić information content (AvgIpc) is 2.79. The number of aliphatic carboxylic acids is 1. The highest BCUT2D eigenvalue weighted by atomic mass is 16.4. The van der Waals surface area contributed by atoms with Crippen molar-refractivity contribution in [3.8, 4) is 6.07 Å². The van der Waals surface area contributed by atoms with E-state index in [0.29, 0.717) is 25.3 Å². The molecule has 0 bridgehead atoms. The van der Waals surface area contributed by atoms with Gasteiger partial charge in [-0.1, -0.05) is 13.3 Å². The van der Waals surface area contributed by atoms with Crippen molar-refractivity contribution < 1.29 is 14.7 Å². The van der Waals surface area contributed by atoms with Crippen molar-refractivity contribution in [2.24, 2.45) is 17.8 Å². The Kier molecular flexibility index (Phi) is 5.14. The second kappa shape index (κ2) is 6.39. The van der Waals surface area contributed by atoms with Gasteiger partial charge in [0.2, 0.25) is 5.91 Å². The third-order valence-corrected chi connectivity index (χ3v) is 3.81. The van der Waals surface area contributed by atoms with Gasteiger partial charge in [-0.2, -0.15) is 5.26 Å². The summed E-state index contributed by atoms with van der Waals surface area (Å²) < 4.78 is 0. The number of nitriles is 1. The van der Waals surface area contributed by atoms with E-state index in [9.17, 15) is 14.7 Å². The first kappa shape index (κ1) is 14.5. The Morgan fingerprint density at radius 2 is 2.00 bits per heavy atom. The molecule has 0 spiro atoms. The van der Waals surface area contributed by atoms with E-state index >= 15 is 0 Å². The first-order valence-corrected chi connectivity index (χ1v) is 6.36. The number of carbonyl (C=O) groups excluding carboxylic acids is 1. The van der Waals surface area contributed by atoms with Crippen LogP contribution in [0.5, 0.6) is 0 Å². The van der Waals surface area contributed by atoms with Crippen molar-refractivity contribution in [1.82, 2.24) is 4.90 Å². The third-order valence-electron chi connectivity index (χ3n) is 3.81. The highest BCUT2D eigenvalue weighted by Gasteiger charge is 2.42. The zero-order chi connectivity index (χ0) is 13.7. The lowest BCUT2D eigenvalue weighted by atomic mass is 9.95. The number of carbonyl (C=O) groups is 2. The number of carboxylic acid groups (broad SMARTS) is 1. The largest absolute Gasteiger partial charge is 0.481 e. The van der Waals surface area contributed by atoms with Crippen LogP contribution in [0.15, 0.2) is 0 Å². The standard InChI is InChI=1S/C13H20N2O3/c1-3-9-7-10(11(8-9)13(17)18)12(16)15(2)6-4-5-14/h9-11H,3-4,6-8H2,1-2H3,(H,17,18)/t9?,10-,11+/m0/s1. The molecular formula is C13H20N2O3. The fraction of sp³-hybridized carbons (Fsp3) is 0.769. The van der Waals surface area contributed by atoms with Crippen LogP contribution in [0.1, 0.15) is 32.6 Å². The fourth-order valence-electron chi connectivity index (χ4n) is 2.63. The summed E-state index contributed by atoms with van der Waals surface area (Å²) in [5.74, 6) is -1.67. The molecule has 0 aromatic heterocycles. The van der Waals surface area contributed by atoms with Crippen LogP contribution in [-0.2, 0) is 9.59 Å². The highest BCUT2D eigenvalue weighted by Crippen LogP contribution is 2.39. The van der Waals surface area contributed by atoms with Gasteiger partial charge in [-0.3, -0.25) is 9.59 Å². The maximum Gasteiger partial charge on any atom is 0.307 e. The number of rotatable bonds is 5.